The maximum absolute atomic E-state index is 14.2. The van der Waals surface area contributed by atoms with E-state index in [1.54, 1.807) is 38.1 Å². The average Bonchev–Trinajstić information content (AvgIpc) is 3.50. The predicted octanol–water partition coefficient (Wildman–Crippen LogP) is 7.07. The Labute approximate surface area is 254 Å². The molecule has 0 saturated carbocycles. The van der Waals surface area contributed by atoms with Crippen molar-refractivity contribution in [1.29, 1.82) is 0 Å². The van der Waals surface area contributed by atoms with Gasteiger partial charge in [-0.3, -0.25) is 14.5 Å². The third-order valence-electron chi connectivity index (χ3n) is 7.53. The summed E-state index contributed by atoms with van der Waals surface area (Å²) in [6.07, 6.45) is 3.05. The van der Waals surface area contributed by atoms with Gasteiger partial charge < -0.3 is 18.6 Å². The molecule has 2 aromatic carbocycles. The van der Waals surface area contributed by atoms with E-state index in [2.05, 4.69) is 11.9 Å². The number of aryl methyl sites for hydroxylation is 3. The summed E-state index contributed by atoms with van der Waals surface area (Å²) in [5, 5.41) is 0.653. The van der Waals surface area contributed by atoms with Gasteiger partial charge in [0.2, 0.25) is 5.76 Å². The fourth-order valence-corrected chi connectivity index (χ4v) is 6.22. The van der Waals surface area contributed by atoms with Crippen molar-refractivity contribution in [1.82, 2.24) is 4.98 Å². The van der Waals surface area contributed by atoms with Crippen LogP contribution >= 0.6 is 11.3 Å². The molecular formula is C33H36N2O7S. The maximum atomic E-state index is 14.2. The van der Waals surface area contributed by atoms with E-state index in [9.17, 15) is 14.4 Å². The number of carbonyl (C=O) groups is 2. The van der Waals surface area contributed by atoms with E-state index in [4.69, 9.17) is 18.6 Å². The first-order valence-corrected chi connectivity index (χ1v) is 15.5. The van der Waals surface area contributed by atoms with Gasteiger partial charge >= 0.3 is 5.97 Å². The number of aromatic nitrogens is 1. The fraction of sp³-hybridized carbons (Fsp3) is 0.394. The molecule has 1 aliphatic heterocycles. The van der Waals surface area contributed by atoms with Crippen molar-refractivity contribution < 1.29 is 28.2 Å². The van der Waals surface area contributed by atoms with Crippen LogP contribution in [0.3, 0.4) is 0 Å². The Bertz CT molecular complexity index is 1760. The number of benzene rings is 2. The highest BCUT2D eigenvalue weighted by atomic mass is 32.1. The van der Waals surface area contributed by atoms with Gasteiger partial charge in [-0.25, -0.2) is 9.78 Å². The smallest absolute Gasteiger partial charge is 0.350 e. The van der Waals surface area contributed by atoms with Crippen LogP contribution in [-0.4, -0.2) is 36.7 Å². The van der Waals surface area contributed by atoms with Crippen LogP contribution in [0.15, 0.2) is 39.5 Å². The minimum absolute atomic E-state index is 0.0471. The standard InChI is InChI=1S/C33H36N2O7S/c1-7-10-11-14-41-23-13-12-21(17-25(23)39-8-2)27-26-28(36)22-15-18(4)19(5)16-24(22)42-29(26)31(37)35(27)33-34-20(6)30(43-33)32(38)40-9-3/h12-13,15-17,27H,7-11,14H2,1-6H3. The first-order valence-electron chi connectivity index (χ1n) is 14.7. The van der Waals surface area contributed by atoms with Gasteiger partial charge in [0.15, 0.2) is 22.1 Å². The van der Waals surface area contributed by atoms with E-state index in [1.165, 1.54) is 4.90 Å². The molecule has 4 aromatic rings. The summed E-state index contributed by atoms with van der Waals surface area (Å²) in [6.45, 7) is 12.4. The zero-order valence-corrected chi connectivity index (χ0v) is 26.2. The molecule has 2 aromatic heterocycles. The lowest BCUT2D eigenvalue weighted by molar-refractivity contribution is 0.0531. The molecule has 9 nitrogen and oxygen atoms in total. The number of ether oxygens (including phenoxy) is 3. The average molecular weight is 605 g/mol. The summed E-state index contributed by atoms with van der Waals surface area (Å²) in [6, 6.07) is 8.14. The topological polar surface area (TPSA) is 108 Å². The second kappa shape index (κ2) is 12.6. The van der Waals surface area contributed by atoms with Crippen LogP contribution in [0.5, 0.6) is 11.5 Å². The van der Waals surface area contributed by atoms with Crippen molar-refractivity contribution in [3.63, 3.8) is 0 Å². The minimum atomic E-state index is -0.876. The molecule has 5 rings (SSSR count). The number of hydrogen-bond donors (Lipinski definition) is 0. The number of anilines is 1. The zero-order chi connectivity index (χ0) is 30.8. The Kier molecular flexibility index (Phi) is 8.87. The van der Waals surface area contributed by atoms with Crippen LogP contribution in [0.25, 0.3) is 11.0 Å². The first kappa shape index (κ1) is 30.3. The lowest BCUT2D eigenvalue weighted by Gasteiger charge is -2.23. The number of unbranched alkanes of at least 4 members (excludes halogenated alkanes) is 2. The maximum Gasteiger partial charge on any atom is 0.350 e. The van der Waals surface area contributed by atoms with Gasteiger partial charge in [-0.15, -0.1) is 0 Å². The van der Waals surface area contributed by atoms with Gasteiger partial charge in [-0.05, 0) is 82.0 Å². The quantitative estimate of drug-likeness (QED) is 0.132. The monoisotopic (exact) mass is 604 g/mol. The third-order valence-corrected chi connectivity index (χ3v) is 8.66. The van der Waals surface area contributed by atoms with Crippen LogP contribution in [0.4, 0.5) is 5.13 Å². The molecule has 0 N–H and O–H groups in total. The number of rotatable bonds is 11. The normalized spacial score (nSPS) is 14.3. The third kappa shape index (κ3) is 5.63. The summed E-state index contributed by atoms with van der Waals surface area (Å²) in [4.78, 5) is 47.2. The Morgan fingerprint density at radius 3 is 2.47 bits per heavy atom. The first-order chi connectivity index (χ1) is 20.7. The molecule has 1 unspecified atom stereocenters. The molecule has 0 aliphatic carbocycles. The van der Waals surface area contributed by atoms with Gasteiger partial charge in [-0.2, -0.15) is 0 Å². The Morgan fingerprint density at radius 2 is 1.74 bits per heavy atom. The molecule has 0 saturated heterocycles. The summed E-state index contributed by atoms with van der Waals surface area (Å²) >= 11 is 1.05. The second-order valence-electron chi connectivity index (χ2n) is 10.5. The molecule has 1 amide bonds. The summed E-state index contributed by atoms with van der Waals surface area (Å²) < 4.78 is 23.4. The Hall–Kier alpha value is -4.18. The van der Waals surface area contributed by atoms with Crippen molar-refractivity contribution in [2.24, 2.45) is 0 Å². The van der Waals surface area contributed by atoms with Crippen LogP contribution in [0, 0.1) is 20.8 Å². The second-order valence-corrected chi connectivity index (χ2v) is 11.5. The fourth-order valence-electron chi connectivity index (χ4n) is 5.23. The molecule has 226 valence electrons. The van der Waals surface area contributed by atoms with Crippen molar-refractivity contribution in [3.8, 4) is 11.5 Å². The van der Waals surface area contributed by atoms with Crippen LogP contribution in [-0.2, 0) is 4.74 Å². The van der Waals surface area contributed by atoms with E-state index in [1.807, 2.05) is 26.8 Å². The Balaban J connectivity index is 1.70. The summed E-state index contributed by atoms with van der Waals surface area (Å²) in [5.74, 6) is 0.0209. The molecular weight excluding hydrogens is 568 g/mol. The molecule has 0 spiro atoms. The van der Waals surface area contributed by atoms with Crippen LogP contribution in [0.1, 0.15) is 94.2 Å². The highest BCUT2D eigenvalue weighted by molar-refractivity contribution is 7.17. The van der Waals surface area contributed by atoms with E-state index in [0.29, 0.717) is 51.8 Å². The van der Waals surface area contributed by atoms with Gasteiger partial charge in [0, 0.05) is 0 Å². The SMILES string of the molecule is CCCCCOc1ccc(C2c3c(oc4cc(C)c(C)cc4c3=O)C(=O)N2c2nc(C)c(C(=O)OCC)s2)cc1OCC. The highest BCUT2D eigenvalue weighted by Crippen LogP contribution is 2.45. The van der Waals surface area contributed by atoms with Crippen LogP contribution in [0.2, 0.25) is 0 Å². The van der Waals surface area contributed by atoms with Crippen molar-refractivity contribution >= 4 is 39.3 Å². The Morgan fingerprint density at radius 1 is 0.977 bits per heavy atom. The number of esters is 1. The molecule has 1 aliphatic rings. The van der Waals surface area contributed by atoms with Crippen LogP contribution < -0.4 is 19.8 Å². The van der Waals surface area contributed by atoms with Gasteiger partial charge in [0.25, 0.3) is 5.91 Å². The summed E-state index contributed by atoms with van der Waals surface area (Å²) in [5.41, 5.74) is 3.20. The molecule has 1 atom stereocenters. The van der Waals surface area contributed by atoms with Crippen molar-refractivity contribution in [3.05, 3.63) is 79.1 Å². The number of fused-ring (bicyclic) bond motifs is 2. The molecule has 0 radical (unpaired) electrons. The van der Waals surface area contributed by atoms with Gasteiger partial charge in [0.05, 0.1) is 42.5 Å². The summed E-state index contributed by atoms with van der Waals surface area (Å²) in [7, 11) is 0. The number of carbonyl (C=O) groups excluding carboxylic acids is 2. The largest absolute Gasteiger partial charge is 0.490 e. The lowest BCUT2D eigenvalue weighted by atomic mass is 9.97. The predicted molar refractivity (Wildman–Crippen MR) is 166 cm³/mol. The molecule has 3 heterocycles. The lowest BCUT2D eigenvalue weighted by Crippen LogP contribution is -2.29. The van der Waals surface area contributed by atoms with E-state index < -0.39 is 17.9 Å². The minimum Gasteiger partial charge on any atom is -0.490 e. The van der Waals surface area contributed by atoms with E-state index >= 15 is 0 Å². The van der Waals surface area contributed by atoms with Crippen molar-refractivity contribution in [2.75, 3.05) is 24.7 Å². The zero-order valence-electron chi connectivity index (χ0n) is 25.4. The van der Waals surface area contributed by atoms with E-state index in [0.717, 1.165) is 41.7 Å². The number of nitrogens with zero attached hydrogens (tertiary/aromatic N) is 2. The number of hydrogen-bond acceptors (Lipinski definition) is 9. The molecule has 43 heavy (non-hydrogen) atoms. The number of amides is 1. The van der Waals surface area contributed by atoms with Gasteiger partial charge in [0.1, 0.15) is 10.5 Å². The van der Waals surface area contributed by atoms with Gasteiger partial charge in [-0.1, -0.05) is 37.2 Å². The molecule has 0 fully saturated rings. The molecule has 10 heteroatoms. The highest BCUT2D eigenvalue weighted by Gasteiger charge is 2.45. The molecule has 0 bridgehead atoms. The number of thiazole rings is 1. The van der Waals surface area contributed by atoms with E-state index in [-0.39, 0.29) is 28.5 Å². The van der Waals surface area contributed by atoms with Crippen molar-refractivity contribution in [2.45, 2.75) is 66.8 Å².